The monoisotopic (exact) mass is 366 g/mol. The van der Waals surface area contributed by atoms with E-state index in [1.165, 1.54) is 0 Å². The van der Waals surface area contributed by atoms with E-state index < -0.39 is 0 Å². The van der Waals surface area contributed by atoms with E-state index in [9.17, 15) is 14.4 Å². The van der Waals surface area contributed by atoms with E-state index in [-0.39, 0.29) is 47.7 Å². The molecule has 2 saturated carbocycles. The molecule has 0 aromatic heterocycles. The molecule has 2 aliphatic carbocycles. The standard InChI is InChI=1S/C20H34N2O4/c1-20(2,3)15-8-4-14(5-9-15)19(25)26-12-17(23)22-16-10-6-13(7-11-16)18(21)24/h13-16H,4-12H2,1-3H3,(H2,21,24)(H,22,23). The number of hydrogen-bond donors (Lipinski definition) is 2. The quantitative estimate of drug-likeness (QED) is 0.731. The number of nitrogens with one attached hydrogen (secondary N) is 1. The molecule has 3 N–H and O–H groups in total. The van der Waals surface area contributed by atoms with Gasteiger partial charge < -0.3 is 15.8 Å². The third-order valence-corrected chi connectivity index (χ3v) is 6.13. The molecule has 2 rings (SSSR count). The van der Waals surface area contributed by atoms with Crippen molar-refractivity contribution < 1.29 is 19.1 Å². The minimum absolute atomic E-state index is 0.0408. The number of carbonyl (C=O) groups excluding carboxylic acids is 3. The number of esters is 1. The summed E-state index contributed by atoms with van der Waals surface area (Å²) in [6.07, 6.45) is 6.67. The molecule has 2 amide bonds. The smallest absolute Gasteiger partial charge is 0.309 e. The summed E-state index contributed by atoms with van der Waals surface area (Å²) in [7, 11) is 0. The molecule has 0 saturated heterocycles. The van der Waals surface area contributed by atoms with E-state index in [0.29, 0.717) is 18.8 Å². The Kier molecular flexibility index (Phi) is 7.07. The molecule has 2 fully saturated rings. The molecule has 0 heterocycles. The van der Waals surface area contributed by atoms with Crippen LogP contribution in [0.4, 0.5) is 0 Å². The summed E-state index contributed by atoms with van der Waals surface area (Å²) < 4.78 is 5.24. The van der Waals surface area contributed by atoms with Crippen molar-refractivity contribution in [1.29, 1.82) is 0 Å². The molecule has 2 aliphatic rings. The Labute approximate surface area is 156 Å². The van der Waals surface area contributed by atoms with Crippen LogP contribution in [0, 0.1) is 23.2 Å². The predicted octanol–water partition coefficient (Wildman–Crippen LogP) is 2.54. The average Bonchev–Trinajstić information content (AvgIpc) is 2.59. The third-order valence-electron chi connectivity index (χ3n) is 6.13. The zero-order valence-electron chi connectivity index (χ0n) is 16.4. The van der Waals surface area contributed by atoms with E-state index in [1.54, 1.807) is 0 Å². The Bertz CT molecular complexity index is 510. The lowest BCUT2D eigenvalue weighted by molar-refractivity contribution is -0.154. The van der Waals surface area contributed by atoms with E-state index in [0.717, 1.165) is 38.5 Å². The second-order valence-corrected chi connectivity index (χ2v) is 9.04. The van der Waals surface area contributed by atoms with Crippen molar-refractivity contribution in [1.82, 2.24) is 5.32 Å². The fraction of sp³-hybridized carbons (Fsp3) is 0.850. The maximum atomic E-state index is 12.2. The predicted molar refractivity (Wildman–Crippen MR) is 98.9 cm³/mol. The van der Waals surface area contributed by atoms with Gasteiger partial charge in [0.1, 0.15) is 0 Å². The van der Waals surface area contributed by atoms with Gasteiger partial charge in [0.15, 0.2) is 6.61 Å². The zero-order valence-corrected chi connectivity index (χ0v) is 16.4. The first-order valence-electron chi connectivity index (χ1n) is 9.92. The number of hydrogen-bond acceptors (Lipinski definition) is 4. The van der Waals surface area contributed by atoms with Crippen LogP contribution in [0.1, 0.15) is 72.1 Å². The molecule has 0 aromatic carbocycles. The number of ether oxygens (including phenoxy) is 1. The van der Waals surface area contributed by atoms with Crippen LogP contribution in [0.5, 0.6) is 0 Å². The topological polar surface area (TPSA) is 98.5 Å². The van der Waals surface area contributed by atoms with Gasteiger partial charge in [-0.05, 0) is 62.7 Å². The second-order valence-electron chi connectivity index (χ2n) is 9.04. The SMILES string of the molecule is CC(C)(C)C1CCC(C(=O)OCC(=O)NC2CCC(C(N)=O)CC2)CC1. The number of carbonyl (C=O) groups is 3. The summed E-state index contributed by atoms with van der Waals surface area (Å²) in [5, 5.41) is 2.90. The Morgan fingerprint density at radius 2 is 1.46 bits per heavy atom. The summed E-state index contributed by atoms with van der Waals surface area (Å²) in [5.41, 5.74) is 5.59. The maximum absolute atomic E-state index is 12.2. The number of rotatable bonds is 5. The molecular formula is C20H34N2O4. The van der Waals surface area contributed by atoms with Crippen LogP contribution in [0.3, 0.4) is 0 Å². The molecule has 0 spiro atoms. The summed E-state index contributed by atoms with van der Waals surface area (Å²) in [5.74, 6) is -0.277. The Hall–Kier alpha value is -1.59. The van der Waals surface area contributed by atoms with Crippen LogP contribution < -0.4 is 11.1 Å². The van der Waals surface area contributed by atoms with Crippen molar-refractivity contribution in [2.24, 2.45) is 28.9 Å². The van der Waals surface area contributed by atoms with Gasteiger partial charge in [0.2, 0.25) is 5.91 Å². The van der Waals surface area contributed by atoms with Gasteiger partial charge >= 0.3 is 5.97 Å². The first-order valence-corrected chi connectivity index (χ1v) is 9.92. The van der Waals surface area contributed by atoms with Crippen molar-refractivity contribution >= 4 is 17.8 Å². The van der Waals surface area contributed by atoms with Gasteiger partial charge in [-0.1, -0.05) is 20.8 Å². The van der Waals surface area contributed by atoms with Crippen LogP contribution in [0.15, 0.2) is 0 Å². The van der Waals surface area contributed by atoms with Crippen LogP contribution in [-0.2, 0) is 19.1 Å². The van der Waals surface area contributed by atoms with Gasteiger partial charge in [0, 0.05) is 12.0 Å². The van der Waals surface area contributed by atoms with Crippen molar-refractivity contribution in [3.63, 3.8) is 0 Å². The highest BCUT2D eigenvalue weighted by molar-refractivity contribution is 5.81. The normalized spacial score (nSPS) is 29.7. The average molecular weight is 367 g/mol. The van der Waals surface area contributed by atoms with Crippen LogP contribution >= 0.6 is 0 Å². The first kappa shape index (κ1) is 20.7. The lowest BCUT2D eigenvalue weighted by atomic mass is 9.70. The molecule has 6 heteroatoms. The summed E-state index contributed by atoms with van der Waals surface area (Å²) in [6.45, 7) is 6.53. The van der Waals surface area contributed by atoms with Crippen LogP contribution in [0.25, 0.3) is 0 Å². The first-order chi connectivity index (χ1) is 12.2. The Morgan fingerprint density at radius 3 is 1.96 bits per heavy atom. The molecule has 0 aliphatic heterocycles. The molecule has 0 atom stereocenters. The van der Waals surface area contributed by atoms with E-state index in [1.807, 2.05) is 0 Å². The molecule has 26 heavy (non-hydrogen) atoms. The number of nitrogens with two attached hydrogens (primary N) is 1. The van der Waals surface area contributed by atoms with Crippen molar-refractivity contribution in [2.45, 2.75) is 78.2 Å². The van der Waals surface area contributed by atoms with Gasteiger partial charge in [-0.25, -0.2) is 0 Å². The molecule has 0 bridgehead atoms. The van der Waals surface area contributed by atoms with Gasteiger partial charge in [0.05, 0.1) is 5.92 Å². The molecule has 148 valence electrons. The lowest BCUT2D eigenvalue weighted by Crippen LogP contribution is -2.41. The minimum Gasteiger partial charge on any atom is -0.455 e. The molecule has 0 unspecified atom stereocenters. The maximum Gasteiger partial charge on any atom is 0.309 e. The van der Waals surface area contributed by atoms with Gasteiger partial charge in [-0.15, -0.1) is 0 Å². The summed E-state index contributed by atoms with van der Waals surface area (Å²) >= 11 is 0. The number of primary amides is 1. The molecule has 0 radical (unpaired) electrons. The van der Waals surface area contributed by atoms with Crippen LogP contribution in [0.2, 0.25) is 0 Å². The highest BCUT2D eigenvalue weighted by Crippen LogP contribution is 2.40. The molecular weight excluding hydrogens is 332 g/mol. The minimum atomic E-state index is -0.260. The van der Waals surface area contributed by atoms with Gasteiger partial charge in [0.25, 0.3) is 5.91 Å². The third kappa shape index (κ3) is 5.99. The highest BCUT2D eigenvalue weighted by atomic mass is 16.5. The van der Waals surface area contributed by atoms with Gasteiger partial charge in [-0.2, -0.15) is 0 Å². The summed E-state index contributed by atoms with van der Waals surface area (Å²) in [4.78, 5) is 35.4. The Morgan fingerprint density at radius 1 is 0.923 bits per heavy atom. The van der Waals surface area contributed by atoms with Crippen molar-refractivity contribution in [2.75, 3.05) is 6.61 Å². The zero-order chi connectivity index (χ0) is 19.3. The lowest BCUT2D eigenvalue weighted by Gasteiger charge is -2.36. The van der Waals surface area contributed by atoms with E-state index in [2.05, 4.69) is 26.1 Å². The fourth-order valence-electron chi connectivity index (χ4n) is 4.24. The fourth-order valence-corrected chi connectivity index (χ4v) is 4.24. The molecule has 0 aromatic rings. The van der Waals surface area contributed by atoms with E-state index >= 15 is 0 Å². The van der Waals surface area contributed by atoms with Crippen molar-refractivity contribution in [3.8, 4) is 0 Å². The second kappa shape index (κ2) is 8.87. The largest absolute Gasteiger partial charge is 0.455 e. The van der Waals surface area contributed by atoms with Crippen molar-refractivity contribution in [3.05, 3.63) is 0 Å². The van der Waals surface area contributed by atoms with Gasteiger partial charge in [-0.3, -0.25) is 14.4 Å². The highest BCUT2D eigenvalue weighted by Gasteiger charge is 2.33. The molecule has 6 nitrogen and oxygen atoms in total. The van der Waals surface area contributed by atoms with E-state index in [4.69, 9.17) is 10.5 Å². The summed E-state index contributed by atoms with van der Waals surface area (Å²) in [6, 6.07) is 0.0408. The number of amides is 2. The van der Waals surface area contributed by atoms with Crippen LogP contribution in [-0.4, -0.2) is 30.4 Å². The Balaban J connectivity index is 1.65.